The summed E-state index contributed by atoms with van der Waals surface area (Å²) in [4.78, 5) is 23.2. The number of carbonyl (C=O) groups is 1. The number of urea groups is 1. The number of aromatic nitrogens is 1. The lowest BCUT2D eigenvalue weighted by Crippen LogP contribution is -2.48. The van der Waals surface area contributed by atoms with E-state index in [2.05, 4.69) is 15.3 Å². The third-order valence-corrected chi connectivity index (χ3v) is 5.29. The maximum absolute atomic E-state index is 13.3. The van der Waals surface area contributed by atoms with Gasteiger partial charge in [0.25, 0.3) is 0 Å². The van der Waals surface area contributed by atoms with Gasteiger partial charge in [-0.2, -0.15) is 0 Å². The van der Waals surface area contributed by atoms with E-state index in [4.69, 9.17) is 11.6 Å². The van der Waals surface area contributed by atoms with Gasteiger partial charge in [-0.15, -0.1) is 0 Å². The van der Waals surface area contributed by atoms with Gasteiger partial charge in [-0.25, -0.2) is 13.6 Å². The Kier molecular flexibility index (Phi) is 4.85. The number of amides is 2. The number of hydrogen-bond donors (Lipinski definition) is 1. The minimum atomic E-state index is -0.543. The molecule has 3 heterocycles. The third kappa shape index (κ3) is 3.49. The molecular weight excluding hydrogens is 386 g/mol. The molecule has 0 spiro atoms. The van der Waals surface area contributed by atoms with Crippen molar-refractivity contribution in [1.82, 2.24) is 9.88 Å². The van der Waals surface area contributed by atoms with E-state index in [-0.39, 0.29) is 23.1 Å². The number of hydrogen-bond acceptors (Lipinski definition) is 3. The van der Waals surface area contributed by atoms with Crippen molar-refractivity contribution in [2.24, 2.45) is 4.99 Å². The molecule has 8 heteroatoms. The first-order valence-corrected chi connectivity index (χ1v) is 9.21. The minimum absolute atomic E-state index is 0.0128. The molecule has 1 aromatic carbocycles. The highest BCUT2D eigenvalue weighted by Gasteiger charge is 2.36. The molecule has 1 aromatic heterocycles. The Hall–Kier alpha value is -2.80. The summed E-state index contributed by atoms with van der Waals surface area (Å²) in [5, 5.41) is 2.70. The Morgan fingerprint density at radius 2 is 2.11 bits per heavy atom. The van der Waals surface area contributed by atoms with E-state index < -0.39 is 11.6 Å². The molecule has 1 fully saturated rings. The summed E-state index contributed by atoms with van der Waals surface area (Å²) in [6, 6.07) is 6.64. The van der Waals surface area contributed by atoms with Crippen molar-refractivity contribution in [3.05, 3.63) is 64.5 Å². The van der Waals surface area contributed by atoms with Crippen LogP contribution in [0.1, 0.15) is 19.0 Å². The van der Waals surface area contributed by atoms with E-state index >= 15 is 0 Å². The second kappa shape index (κ2) is 7.31. The number of carbonyl (C=O) groups excluding carboxylic acids is 1. The van der Waals surface area contributed by atoms with E-state index in [0.717, 1.165) is 17.3 Å². The minimum Gasteiger partial charge on any atom is -0.318 e. The van der Waals surface area contributed by atoms with Gasteiger partial charge in [0, 0.05) is 30.1 Å². The average molecular weight is 403 g/mol. The van der Waals surface area contributed by atoms with E-state index in [1.807, 2.05) is 6.92 Å². The van der Waals surface area contributed by atoms with E-state index in [9.17, 15) is 13.6 Å². The van der Waals surface area contributed by atoms with Crippen LogP contribution in [0.5, 0.6) is 0 Å². The monoisotopic (exact) mass is 402 g/mol. The molecule has 2 amide bonds. The van der Waals surface area contributed by atoms with Crippen molar-refractivity contribution in [2.45, 2.75) is 25.4 Å². The fourth-order valence-corrected chi connectivity index (χ4v) is 3.69. The number of allylic oxidation sites excluding steroid dienone is 1. The molecule has 28 heavy (non-hydrogen) atoms. The summed E-state index contributed by atoms with van der Waals surface area (Å²) in [6.07, 6.45) is 3.58. The molecule has 2 aliphatic heterocycles. The lowest BCUT2D eigenvalue weighted by molar-refractivity contribution is 0.182. The number of aliphatic imine (C=N–C) groups is 1. The fraction of sp³-hybridized carbons (Fsp3) is 0.250. The lowest BCUT2D eigenvalue weighted by Gasteiger charge is -2.37. The SMILES string of the molecule is CC1CC2N=CC(c3ccc(F)cn3)=C2CN1C(=O)Nc1ccc(F)c(Cl)c1. The zero-order chi connectivity index (χ0) is 19.8. The van der Waals surface area contributed by atoms with Crippen molar-refractivity contribution >= 4 is 35.1 Å². The van der Waals surface area contributed by atoms with Crippen LogP contribution in [-0.2, 0) is 0 Å². The number of nitrogens with zero attached hydrogens (tertiary/aromatic N) is 3. The number of benzene rings is 1. The van der Waals surface area contributed by atoms with Crippen LogP contribution >= 0.6 is 11.6 Å². The smallest absolute Gasteiger partial charge is 0.318 e. The van der Waals surface area contributed by atoms with Crippen LogP contribution in [0.25, 0.3) is 5.57 Å². The molecule has 2 aliphatic rings. The first-order chi connectivity index (χ1) is 13.4. The summed E-state index contributed by atoms with van der Waals surface area (Å²) in [6.45, 7) is 2.33. The van der Waals surface area contributed by atoms with Crippen molar-refractivity contribution < 1.29 is 13.6 Å². The van der Waals surface area contributed by atoms with Crippen LogP contribution in [0.15, 0.2) is 47.1 Å². The van der Waals surface area contributed by atoms with E-state index in [1.54, 1.807) is 17.2 Å². The van der Waals surface area contributed by atoms with Crippen LogP contribution in [-0.4, -0.2) is 40.8 Å². The van der Waals surface area contributed by atoms with Gasteiger partial charge in [-0.1, -0.05) is 11.6 Å². The Morgan fingerprint density at radius 3 is 2.82 bits per heavy atom. The Balaban J connectivity index is 1.57. The summed E-state index contributed by atoms with van der Waals surface area (Å²) in [5.41, 5.74) is 2.84. The average Bonchev–Trinajstić information content (AvgIpc) is 3.07. The van der Waals surface area contributed by atoms with Crippen LogP contribution in [0, 0.1) is 11.6 Å². The molecule has 144 valence electrons. The summed E-state index contributed by atoms with van der Waals surface area (Å²) < 4.78 is 26.5. The van der Waals surface area contributed by atoms with Crippen LogP contribution in [0.3, 0.4) is 0 Å². The molecule has 1 saturated heterocycles. The molecule has 0 aliphatic carbocycles. The van der Waals surface area contributed by atoms with Gasteiger partial charge in [0.05, 0.1) is 23.0 Å². The largest absolute Gasteiger partial charge is 0.322 e. The van der Waals surface area contributed by atoms with Crippen LogP contribution < -0.4 is 5.32 Å². The summed E-state index contributed by atoms with van der Waals surface area (Å²) in [7, 11) is 0. The molecule has 0 saturated carbocycles. The molecule has 2 aromatic rings. The Bertz CT molecular complexity index is 990. The molecule has 1 N–H and O–H groups in total. The highest BCUT2D eigenvalue weighted by Crippen LogP contribution is 2.34. The van der Waals surface area contributed by atoms with Gasteiger partial charge in [0.2, 0.25) is 0 Å². The molecular formula is C20H17ClF2N4O. The number of piperidine rings is 1. The number of fused-ring (bicyclic) bond motifs is 1. The van der Waals surface area contributed by atoms with Gasteiger partial charge >= 0.3 is 6.03 Å². The van der Waals surface area contributed by atoms with Crippen molar-refractivity contribution in [3.8, 4) is 0 Å². The van der Waals surface area contributed by atoms with E-state index in [1.165, 1.54) is 24.3 Å². The Labute approximate surface area is 165 Å². The summed E-state index contributed by atoms with van der Waals surface area (Å²) >= 11 is 5.79. The molecule has 5 nitrogen and oxygen atoms in total. The number of nitrogens with one attached hydrogen (secondary N) is 1. The number of likely N-dealkylation sites (tertiary alicyclic amines) is 1. The third-order valence-electron chi connectivity index (χ3n) is 5.00. The van der Waals surface area contributed by atoms with E-state index in [0.29, 0.717) is 24.3 Å². The zero-order valence-electron chi connectivity index (χ0n) is 15.0. The number of anilines is 1. The van der Waals surface area contributed by atoms with Gasteiger partial charge < -0.3 is 10.2 Å². The highest BCUT2D eigenvalue weighted by molar-refractivity contribution is 6.31. The normalized spacial score (nSPS) is 21.1. The topological polar surface area (TPSA) is 57.6 Å². The van der Waals surface area contributed by atoms with Crippen LogP contribution in [0.4, 0.5) is 19.3 Å². The maximum atomic E-state index is 13.3. The lowest BCUT2D eigenvalue weighted by atomic mass is 9.91. The predicted molar refractivity (Wildman–Crippen MR) is 105 cm³/mol. The predicted octanol–water partition coefficient (Wildman–Crippen LogP) is 4.55. The molecule has 2 atom stereocenters. The van der Waals surface area contributed by atoms with Crippen molar-refractivity contribution in [2.75, 3.05) is 11.9 Å². The number of rotatable bonds is 2. The first-order valence-electron chi connectivity index (χ1n) is 8.83. The van der Waals surface area contributed by atoms with Gasteiger partial charge in [-0.05, 0) is 49.2 Å². The Morgan fingerprint density at radius 1 is 1.29 bits per heavy atom. The fourth-order valence-electron chi connectivity index (χ4n) is 3.51. The van der Waals surface area contributed by atoms with Crippen LogP contribution in [0.2, 0.25) is 5.02 Å². The maximum Gasteiger partial charge on any atom is 0.322 e. The van der Waals surface area contributed by atoms with Crippen molar-refractivity contribution in [1.29, 1.82) is 0 Å². The molecule has 2 unspecified atom stereocenters. The van der Waals surface area contributed by atoms with Crippen molar-refractivity contribution in [3.63, 3.8) is 0 Å². The van der Waals surface area contributed by atoms with Gasteiger partial charge in [-0.3, -0.25) is 9.98 Å². The molecule has 0 radical (unpaired) electrons. The summed E-state index contributed by atoms with van der Waals surface area (Å²) in [5.74, 6) is -0.949. The van der Waals surface area contributed by atoms with Gasteiger partial charge in [0.1, 0.15) is 11.6 Å². The second-order valence-corrected chi connectivity index (χ2v) is 7.27. The first kappa shape index (κ1) is 18.6. The quantitative estimate of drug-likeness (QED) is 0.801. The highest BCUT2D eigenvalue weighted by atomic mass is 35.5. The number of pyridine rings is 1. The number of halogens is 3. The standard InChI is InChI=1S/C20H17ClF2N4O/c1-11-6-19-15(14(9-25-19)18-5-2-12(22)8-24-18)10-27(11)20(28)26-13-3-4-17(23)16(21)7-13/h2-5,7-9,11,19H,6,10H2,1H3,(H,26,28). The molecule has 4 rings (SSSR count). The van der Waals surface area contributed by atoms with Gasteiger partial charge in [0.15, 0.2) is 0 Å². The second-order valence-electron chi connectivity index (χ2n) is 6.87. The molecule has 0 bridgehead atoms. The zero-order valence-corrected chi connectivity index (χ0v) is 15.8.